The highest BCUT2D eigenvalue weighted by Crippen LogP contribution is 2.47. The Bertz CT molecular complexity index is 1100. The van der Waals surface area contributed by atoms with Gasteiger partial charge in [-0.2, -0.15) is 0 Å². The van der Waals surface area contributed by atoms with Crippen LogP contribution in [0.25, 0.3) is 0 Å². The van der Waals surface area contributed by atoms with E-state index >= 15 is 0 Å². The summed E-state index contributed by atoms with van der Waals surface area (Å²) in [6.07, 6.45) is 4.45. The van der Waals surface area contributed by atoms with Crippen LogP contribution < -0.4 is 0 Å². The van der Waals surface area contributed by atoms with Crippen LogP contribution in [0.1, 0.15) is 59.4 Å². The molecule has 0 saturated heterocycles. The fourth-order valence-corrected chi connectivity index (χ4v) is 4.39. The third-order valence-electron chi connectivity index (χ3n) is 5.20. The van der Waals surface area contributed by atoms with Gasteiger partial charge in [-0.05, 0) is 49.6 Å². The van der Waals surface area contributed by atoms with Crippen LogP contribution in [0.5, 0.6) is 0 Å². The topological polar surface area (TPSA) is 90.9 Å². The molecule has 5 rings (SSSR count). The first-order valence-corrected chi connectivity index (χ1v) is 10.4. The van der Waals surface area contributed by atoms with Gasteiger partial charge in [-0.15, -0.1) is 10.2 Å². The van der Waals surface area contributed by atoms with Crippen LogP contribution in [-0.4, -0.2) is 25.5 Å². The maximum atomic E-state index is 12.7. The molecule has 7 nitrogen and oxygen atoms in total. The number of nitro groups is 1. The van der Waals surface area contributed by atoms with Gasteiger partial charge in [0.1, 0.15) is 5.82 Å². The van der Waals surface area contributed by atoms with E-state index in [9.17, 15) is 14.9 Å². The number of ketones is 1. The fourth-order valence-electron chi connectivity index (χ4n) is 3.40. The van der Waals surface area contributed by atoms with Crippen LogP contribution in [0.4, 0.5) is 5.69 Å². The number of rotatable bonds is 7. The molecule has 2 aliphatic carbocycles. The molecule has 1 heterocycles. The number of benzene rings is 2. The molecule has 3 aromatic rings. The van der Waals surface area contributed by atoms with Crippen molar-refractivity contribution in [2.45, 2.75) is 47.7 Å². The first kappa shape index (κ1) is 18.1. The summed E-state index contributed by atoms with van der Waals surface area (Å²) in [5, 5.41) is 21.1. The molecular formula is C21H18N4O3S. The summed E-state index contributed by atoms with van der Waals surface area (Å²) in [5.41, 5.74) is 0.717. The van der Waals surface area contributed by atoms with E-state index in [0.717, 1.165) is 31.5 Å². The molecule has 8 heteroatoms. The van der Waals surface area contributed by atoms with Gasteiger partial charge in [0.25, 0.3) is 5.69 Å². The first-order chi connectivity index (χ1) is 14.1. The Balaban J connectivity index is 1.48. The van der Waals surface area contributed by atoms with Gasteiger partial charge in [-0.3, -0.25) is 14.9 Å². The molecular weight excluding hydrogens is 388 g/mol. The fraction of sp³-hybridized carbons (Fsp3) is 0.286. The van der Waals surface area contributed by atoms with Crippen LogP contribution in [0.15, 0.2) is 58.6 Å². The zero-order valence-corrected chi connectivity index (χ0v) is 16.3. The average Bonchev–Trinajstić information content (AvgIpc) is 3.67. The van der Waals surface area contributed by atoms with Crippen molar-refractivity contribution < 1.29 is 9.72 Å². The lowest BCUT2D eigenvalue weighted by atomic mass is 10.0. The molecule has 0 bridgehead atoms. The van der Waals surface area contributed by atoms with E-state index in [1.54, 1.807) is 36.4 Å². The second kappa shape index (κ2) is 7.11. The standard InChI is InChI=1S/C21H18N4O3S/c26-19(13-4-2-1-3-5-13)15-8-11-18(17(12-15)25(27)28)29-21-23-22-20(14-6-7-14)24(21)16-9-10-16/h1-5,8,11-12,14,16H,6-7,9-10H2. The van der Waals surface area contributed by atoms with Gasteiger partial charge in [-0.1, -0.05) is 30.3 Å². The molecule has 2 saturated carbocycles. The van der Waals surface area contributed by atoms with Crippen molar-refractivity contribution >= 4 is 23.2 Å². The maximum absolute atomic E-state index is 12.7. The van der Waals surface area contributed by atoms with Gasteiger partial charge in [0.15, 0.2) is 10.9 Å². The highest BCUT2D eigenvalue weighted by Gasteiger charge is 2.37. The van der Waals surface area contributed by atoms with Crippen LogP contribution >= 0.6 is 11.8 Å². The normalized spacial score (nSPS) is 16.0. The van der Waals surface area contributed by atoms with Gasteiger partial charge in [-0.25, -0.2) is 0 Å². The summed E-state index contributed by atoms with van der Waals surface area (Å²) >= 11 is 1.26. The SMILES string of the molecule is O=C(c1ccccc1)c1ccc(Sc2nnc(C3CC3)n2C2CC2)c([N+](=O)[O-])c1. The van der Waals surface area contributed by atoms with Crippen molar-refractivity contribution in [1.82, 2.24) is 14.8 Å². The highest BCUT2D eigenvalue weighted by molar-refractivity contribution is 7.99. The number of nitrogens with zero attached hydrogens (tertiary/aromatic N) is 4. The maximum Gasteiger partial charge on any atom is 0.284 e. The van der Waals surface area contributed by atoms with E-state index in [1.165, 1.54) is 17.8 Å². The lowest BCUT2D eigenvalue weighted by molar-refractivity contribution is -0.387. The third kappa shape index (κ3) is 3.55. The summed E-state index contributed by atoms with van der Waals surface area (Å²) < 4.78 is 2.16. The molecule has 0 spiro atoms. The second-order valence-corrected chi connectivity index (χ2v) is 8.46. The lowest BCUT2D eigenvalue weighted by Crippen LogP contribution is -2.04. The van der Waals surface area contributed by atoms with E-state index in [2.05, 4.69) is 14.8 Å². The Morgan fingerprint density at radius 3 is 2.45 bits per heavy atom. The average molecular weight is 406 g/mol. The van der Waals surface area contributed by atoms with Crippen LogP contribution in [-0.2, 0) is 0 Å². The number of nitro benzene ring substituents is 1. The van der Waals surface area contributed by atoms with Gasteiger partial charge in [0, 0.05) is 29.2 Å². The Hall–Kier alpha value is -3.00. The van der Waals surface area contributed by atoms with Crippen molar-refractivity contribution in [3.63, 3.8) is 0 Å². The molecule has 0 unspecified atom stereocenters. The Morgan fingerprint density at radius 2 is 1.79 bits per heavy atom. The Morgan fingerprint density at radius 1 is 1.03 bits per heavy atom. The molecule has 0 N–H and O–H groups in total. The largest absolute Gasteiger partial charge is 0.302 e. The predicted molar refractivity (Wildman–Crippen MR) is 107 cm³/mol. The minimum Gasteiger partial charge on any atom is -0.302 e. The summed E-state index contributed by atoms with van der Waals surface area (Å²) in [4.78, 5) is 24.4. The molecule has 2 aromatic carbocycles. The molecule has 2 aliphatic rings. The summed E-state index contributed by atoms with van der Waals surface area (Å²) in [6, 6.07) is 13.8. The molecule has 0 radical (unpaired) electrons. The van der Waals surface area contributed by atoms with E-state index in [4.69, 9.17) is 0 Å². The van der Waals surface area contributed by atoms with Crippen molar-refractivity contribution in [3.05, 3.63) is 75.6 Å². The van der Waals surface area contributed by atoms with Gasteiger partial charge < -0.3 is 4.57 Å². The number of hydrogen-bond donors (Lipinski definition) is 0. The molecule has 0 aliphatic heterocycles. The van der Waals surface area contributed by atoms with Gasteiger partial charge in [0.05, 0.1) is 9.82 Å². The minimum absolute atomic E-state index is 0.0879. The summed E-state index contributed by atoms with van der Waals surface area (Å²) in [6.45, 7) is 0. The summed E-state index contributed by atoms with van der Waals surface area (Å²) in [7, 11) is 0. The van der Waals surface area contributed by atoms with Crippen LogP contribution in [0.2, 0.25) is 0 Å². The molecule has 0 atom stereocenters. The third-order valence-corrected chi connectivity index (χ3v) is 6.23. The van der Waals surface area contributed by atoms with E-state index in [0.29, 0.717) is 33.1 Å². The van der Waals surface area contributed by atoms with E-state index < -0.39 is 4.92 Å². The number of carbonyl (C=O) groups is 1. The molecule has 0 amide bonds. The van der Waals surface area contributed by atoms with Crippen LogP contribution in [0.3, 0.4) is 0 Å². The smallest absolute Gasteiger partial charge is 0.284 e. The van der Waals surface area contributed by atoms with Gasteiger partial charge in [0.2, 0.25) is 0 Å². The monoisotopic (exact) mass is 406 g/mol. The quantitative estimate of drug-likeness (QED) is 0.319. The summed E-state index contributed by atoms with van der Waals surface area (Å²) in [5.74, 6) is 1.24. The number of aromatic nitrogens is 3. The minimum atomic E-state index is -0.441. The molecule has 1 aromatic heterocycles. The predicted octanol–water partition coefficient (Wildman–Crippen LogP) is 4.78. The highest BCUT2D eigenvalue weighted by atomic mass is 32.2. The van der Waals surface area contributed by atoms with Crippen molar-refractivity contribution in [3.8, 4) is 0 Å². The second-order valence-electron chi connectivity index (χ2n) is 7.45. The van der Waals surface area contributed by atoms with E-state index in [1.807, 2.05) is 6.07 Å². The lowest BCUT2D eigenvalue weighted by Gasteiger charge is -2.09. The molecule has 29 heavy (non-hydrogen) atoms. The molecule has 2 fully saturated rings. The van der Waals surface area contributed by atoms with Crippen molar-refractivity contribution in [1.29, 1.82) is 0 Å². The first-order valence-electron chi connectivity index (χ1n) is 9.62. The van der Waals surface area contributed by atoms with E-state index in [-0.39, 0.29) is 11.5 Å². The van der Waals surface area contributed by atoms with Gasteiger partial charge >= 0.3 is 0 Å². The zero-order valence-electron chi connectivity index (χ0n) is 15.5. The zero-order chi connectivity index (χ0) is 20.0. The van der Waals surface area contributed by atoms with Crippen molar-refractivity contribution in [2.75, 3.05) is 0 Å². The number of carbonyl (C=O) groups excluding carboxylic acids is 1. The number of hydrogen-bond acceptors (Lipinski definition) is 6. The molecule has 146 valence electrons. The van der Waals surface area contributed by atoms with Crippen molar-refractivity contribution in [2.24, 2.45) is 0 Å². The Labute approximate surface area is 171 Å². The Kier molecular flexibility index (Phi) is 4.43. The van der Waals surface area contributed by atoms with Crippen LogP contribution in [0, 0.1) is 10.1 Å².